The van der Waals surface area contributed by atoms with Gasteiger partial charge in [-0.15, -0.1) is 0 Å². The summed E-state index contributed by atoms with van der Waals surface area (Å²) in [5.41, 5.74) is 7.28. The number of nitrogens with two attached hydrogens (primary N) is 1. The highest BCUT2D eigenvalue weighted by atomic mass is 16.5. The minimum absolute atomic E-state index is 0.0793. The van der Waals surface area contributed by atoms with Gasteiger partial charge in [0.05, 0.1) is 12.7 Å². The van der Waals surface area contributed by atoms with Crippen molar-refractivity contribution >= 4 is 0 Å². The normalized spacial score (nSPS) is 19.4. The van der Waals surface area contributed by atoms with Gasteiger partial charge in [-0.3, -0.25) is 0 Å². The van der Waals surface area contributed by atoms with E-state index in [9.17, 15) is 5.11 Å². The minimum atomic E-state index is -0.0968. The van der Waals surface area contributed by atoms with E-state index in [0.29, 0.717) is 0 Å². The lowest BCUT2D eigenvalue weighted by molar-refractivity contribution is 0.0184. The Morgan fingerprint density at radius 3 is 2.28 bits per heavy atom. The van der Waals surface area contributed by atoms with Crippen molar-refractivity contribution in [3.63, 3.8) is 0 Å². The van der Waals surface area contributed by atoms with Gasteiger partial charge >= 0.3 is 0 Å². The number of benzene rings is 1. The lowest BCUT2D eigenvalue weighted by Gasteiger charge is -2.45. The molecule has 0 aromatic heterocycles. The van der Waals surface area contributed by atoms with Crippen LogP contribution in [-0.2, 0) is 0 Å². The second-order valence-corrected chi connectivity index (χ2v) is 5.59. The van der Waals surface area contributed by atoms with E-state index in [1.807, 2.05) is 38.1 Å². The fourth-order valence-corrected chi connectivity index (χ4v) is 2.58. The lowest BCUT2D eigenvalue weighted by atomic mass is 9.63. The molecule has 0 radical (unpaired) electrons. The van der Waals surface area contributed by atoms with Crippen LogP contribution in [0.25, 0.3) is 0 Å². The van der Waals surface area contributed by atoms with Crippen molar-refractivity contribution in [2.45, 2.75) is 45.3 Å². The molecule has 1 aromatic rings. The topological polar surface area (TPSA) is 55.5 Å². The first-order valence-corrected chi connectivity index (χ1v) is 6.70. The average Bonchev–Trinajstić information content (AvgIpc) is 2.28. The van der Waals surface area contributed by atoms with E-state index in [-0.39, 0.29) is 24.2 Å². The van der Waals surface area contributed by atoms with Crippen LogP contribution < -0.4 is 10.5 Å². The Balaban J connectivity index is 2.09. The molecule has 1 aromatic carbocycles. The summed E-state index contributed by atoms with van der Waals surface area (Å²) in [6.07, 6.45) is 3.40. The smallest absolute Gasteiger partial charge is 0.119 e. The summed E-state index contributed by atoms with van der Waals surface area (Å²) in [7, 11) is 0. The lowest BCUT2D eigenvalue weighted by Crippen LogP contribution is -2.43. The van der Waals surface area contributed by atoms with Gasteiger partial charge in [-0.2, -0.15) is 0 Å². The zero-order valence-corrected chi connectivity index (χ0v) is 11.2. The molecule has 3 N–H and O–H groups in total. The van der Waals surface area contributed by atoms with Crippen LogP contribution in [-0.4, -0.2) is 17.8 Å². The van der Waals surface area contributed by atoms with E-state index in [0.717, 1.165) is 24.2 Å². The van der Waals surface area contributed by atoms with E-state index in [1.54, 1.807) is 0 Å². The minimum Gasteiger partial charge on any atom is -0.491 e. The summed E-state index contributed by atoms with van der Waals surface area (Å²) in [5, 5.41) is 9.54. The molecular weight excluding hydrogens is 226 g/mol. The zero-order chi connectivity index (χ0) is 13.2. The fraction of sp³-hybridized carbons (Fsp3) is 0.600. The monoisotopic (exact) mass is 249 g/mol. The first-order chi connectivity index (χ1) is 8.57. The van der Waals surface area contributed by atoms with Gasteiger partial charge in [-0.05, 0) is 44.4 Å². The van der Waals surface area contributed by atoms with Gasteiger partial charge in [0.15, 0.2) is 0 Å². The SMILES string of the molecule is CC(C)Oc1ccc(C(N)C2(CO)CCC2)cc1. The maximum atomic E-state index is 9.54. The maximum absolute atomic E-state index is 9.54. The Labute approximate surface area is 109 Å². The van der Waals surface area contributed by atoms with Crippen LogP contribution in [0, 0.1) is 5.41 Å². The number of ether oxygens (including phenoxy) is 1. The molecular formula is C15H23NO2. The van der Waals surface area contributed by atoms with Gasteiger partial charge < -0.3 is 15.6 Å². The molecule has 1 aliphatic carbocycles. The third kappa shape index (κ3) is 2.52. The predicted molar refractivity (Wildman–Crippen MR) is 72.5 cm³/mol. The molecule has 0 spiro atoms. The fourth-order valence-electron chi connectivity index (χ4n) is 2.58. The largest absolute Gasteiger partial charge is 0.491 e. The van der Waals surface area contributed by atoms with Crippen LogP contribution in [0.5, 0.6) is 5.75 Å². The van der Waals surface area contributed by atoms with Gasteiger partial charge in [0, 0.05) is 11.5 Å². The summed E-state index contributed by atoms with van der Waals surface area (Å²) in [6, 6.07) is 7.86. The standard InChI is InChI=1S/C15H23NO2/c1-11(2)18-13-6-4-12(5-7-13)14(16)15(10-17)8-3-9-15/h4-7,11,14,17H,3,8-10,16H2,1-2H3. The predicted octanol–water partition coefficient (Wildman–Crippen LogP) is 2.64. The quantitative estimate of drug-likeness (QED) is 0.843. The molecule has 1 saturated carbocycles. The number of rotatable bonds is 5. The Kier molecular flexibility index (Phi) is 3.93. The van der Waals surface area contributed by atoms with E-state index in [1.165, 1.54) is 6.42 Å². The summed E-state index contributed by atoms with van der Waals surface area (Å²) in [6.45, 7) is 4.20. The van der Waals surface area contributed by atoms with Gasteiger partial charge in [-0.25, -0.2) is 0 Å². The van der Waals surface area contributed by atoms with Crippen molar-refractivity contribution in [2.24, 2.45) is 11.1 Å². The van der Waals surface area contributed by atoms with Crippen molar-refractivity contribution in [2.75, 3.05) is 6.61 Å². The molecule has 18 heavy (non-hydrogen) atoms. The van der Waals surface area contributed by atoms with E-state index >= 15 is 0 Å². The molecule has 3 nitrogen and oxygen atoms in total. The van der Waals surface area contributed by atoms with Crippen LogP contribution >= 0.6 is 0 Å². The van der Waals surface area contributed by atoms with Crippen LogP contribution in [0.2, 0.25) is 0 Å². The van der Waals surface area contributed by atoms with Crippen molar-refractivity contribution in [1.82, 2.24) is 0 Å². The third-order valence-corrected chi connectivity index (χ3v) is 3.93. The number of hydrogen-bond donors (Lipinski definition) is 2. The second-order valence-electron chi connectivity index (χ2n) is 5.59. The summed E-state index contributed by atoms with van der Waals surface area (Å²) in [5.74, 6) is 0.868. The molecule has 0 aliphatic heterocycles. The van der Waals surface area contributed by atoms with Gasteiger partial charge in [-0.1, -0.05) is 18.6 Å². The van der Waals surface area contributed by atoms with Crippen LogP contribution in [0.1, 0.15) is 44.7 Å². The highest BCUT2D eigenvalue weighted by molar-refractivity contribution is 5.30. The van der Waals surface area contributed by atoms with E-state index < -0.39 is 0 Å². The average molecular weight is 249 g/mol. The molecule has 100 valence electrons. The molecule has 1 atom stereocenters. The Bertz CT molecular complexity index is 376. The Morgan fingerprint density at radius 2 is 1.89 bits per heavy atom. The highest BCUT2D eigenvalue weighted by Gasteiger charge is 2.42. The molecule has 0 bridgehead atoms. The van der Waals surface area contributed by atoms with E-state index in [2.05, 4.69) is 0 Å². The van der Waals surface area contributed by atoms with Crippen molar-refractivity contribution in [3.05, 3.63) is 29.8 Å². The van der Waals surface area contributed by atoms with Gasteiger partial charge in [0.2, 0.25) is 0 Å². The third-order valence-electron chi connectivity index (χ3n) is 3.93. The molecule has 1 aliphatic rings. The van der Waals surface area contributed by atoms with Gasteiger partial charge in [0.25, 0.3) is 0 Å². The molecule has 2 rings (SSSR count). The molecule has 0 amide bonds. The maximum Gasteiger partial charge on any atom is 0.119 e. The molecule has 0 heterocycles. The Hall–Kier alpha value is -1.06. The van der Waals surface area contributed by atoms with Crippen molar-refractivity contribution < 1.29 is 9.84 Å². The number of hydrogen-bond acceptors (Lipinski definition) is 3. The summed E-state index contributed by atoms with van der Waals surface area (Å²) >= 11 is 0. The first kappa shape index (κ1) is 13.4. The van der Waals surface area contributed by atoms with Gasteiger partial charge in [0.1, 0.15) is 5.75 Å². The molecule has 0 saturated heterocycles. The molecule has 1 fully saturated rings. The Morgan fingerprint density at radius 1 is 1.28 bits per heavy atom. The van der Waals surface area contributed by atoms with Crippen molar-refractivity contribution in [3.8, 4) is 5.75 Å². The number of aliphatic hydroxyl groups excluding tert-OH is 1. The summed E-state index contributed by atoms with van der Waals surface area (Å²) in [4.78, 5) is 0. The second kappa shape index (κ2) is 5.29. The van der Waals surface area contributed by atoms with Crippen LogP contribution in [0.3, 0.4) is 0 Å². The van der Waals surface area contributed by atoms with Crippen molar-refractivity contribution in [1.29, 1.82) is 0 Å². The van der Waals surface area contributed by atoms with Crippen LogP contribution in [0.15, 0.2) is 24.3 Å². The van der Waals surface area contributed by atoms with Crippen LogP contribution in [0.4, 0.5) is 0 Å². The highest BCUT2D eigenvalue weighted by Crippen LogP contribution is 2.48. The molecule has 3 heteroatoms. The summed E-state index contributed by atoms with van der Waals surface area (Å²) < 4.78 is 5.61. The number of aliphatic hydroxyl groups is 1. The zero-order valence-electron chi connectivity index (χ0n) is 11.2. The van der Waals surface area contributed by atoms with E-state index in [4.69, 9.17) is 10.5 Å². The first-order valence-electron chi connectivity index (χ1n) is 6.70. The molecule has 1 unspecified atom stereocenters.